The second-order valence-corrected chi connectivity index (χ2v) is 5.27. The first-order valence-electron chi connectivity index (χ1n) is 6.74. The van der Waals surface area contributed by atoms with Gasteiger partial charge in [0.05, 0.1) is 6.61 Å². The molecule has 1 rings (SSSR count). The van der Waals surface area contributed by atoms with Crippen LogP contribution in [0.2, 0.25) is 0 Å². The van der Waals surface area contributed by atoms with Crippen molar-refractivity contribution in [2.45, 2.75) is 13.3 Å². The van der Waals surface area contributed by atoms with Crippen LogP contribution in [0.3, 0.4) is 0 Å². The summed E-state index contributed by atoms with van der Waals surface area (Å²) >= 11 is 1.45. The number of ether oxygens (including phenoxy) is 1. The van der Waals surface area contributed by atoms with Crippen molar-refractivity contribution in [3.8, 4) is 0 Å². The molecule has 0 radical (unpaired) electrons. The number of hydrogen-bond acceptors (Lipinski definition) is 4. The van der Waals surface area contributed by atoms with Crippen molar-refractivity contribution in [3.63, 3.8) is 0 Å². The lowest BCUT2D eigenvalue weighted by atomic mass is 10.2. The maximum absolute atomic E-state index is 12.2. The molecule has 1 aliphatic rings. The zero-order chi connectivity index (χ0) is 15.8. The van der Waals surface area contributed by atoms with Gasteiger partial charge in [0.1, 0.15) is 16.5 Å². The maximum Gasteiger partial charge on any atom is 0.271 e. The Morgan fingerprint density at radius 2 is 2.19 bits per heavy atom. The summed E-state index contributed by atoms with van der Waals surface area (Å²) in [5, 5.41) is 0.691. The molecule has 1 aliphatic heterocycles. The summed E-state index contributed by atoms with van der Waals surface area (Å²) in [6.45, 7) is 10.6. The molecule has 0 bridgehead atoms. The normalized spacial score (nSPS) is 21.9. The van der Waals surface area contributed by atoms with E-state index in [9.17, 15) is 4.79 Å². The van der Waals surface area contributed by atoms with Crippen molar-refractivity contribution in [1.29, 1.82) is 0 Å². The third-order valence-electron chi connectivity index (χ3n) is 2.93. The van der Waals surface area contributed by atoms with E-state index in [1.807, 2.05) is 25.3 Å². The lowest BCUT2D eigenvalue weighted by molar-refractivity contribution is -0.126. The summed E-state index contributed by atoms with van der Waals surface area (Å²) in [7, 11) is 1.74. The van der Waals surface area contributed by atoms with Crippen molar-refractivity contribution >= 4 is 22.7 Å². The fourth-order valence-electron chi connectivity index (χ4n) is 1.86. The van der Waals surface area contributed by atoms with E-state index in [1.54, 1.807) is 18.0 Å². The van der Waals surface area contributed by atoms with Crippen LogP contribution in [0.25, 0.3) is 0 Å². The molecule has 5 heteroatoms. The van der Waals surface area contributed by atoms with E-state index in [0.717, 1.165) is 12.0 Å². The minimum atomic E-state index is -0.163. The summed E-state index contributed by atoms with van der Waals surface area (Å²) in [4.78, 5) is 18.2. The highest BCUT2D eigenvalue weighted by Gasteiger charge is 2.17. The Kier molecular flexibility index (Phi) is 7.02. The van der Waals surface area contributed by atoms with Crippen molar-refractivity contribution in [3.05, 3.63) is 48.4 Å². The molecule has 0 aromatic carbocycles. The largest absolute Gasteiger partial charge is 0.493 e. The average molecular weight is 306 g/mol. The lowest BCUT2D eigenvalue weighted by Gasteiger charge is -2.16. The molecule has 0 aromatic rings. The molecule has 21 heavy (non-hydrogen) atoms. The minimum Gasteiger partial charge on any atom is -0.493 e. The topological polar surface area (TPSA) is 41.9 Å². The third kappa shape index (κ3) is 4.63. The molecule has 0 saturated carbocycles. The van der Waals surface area contributed by atoms with Crippen LogP contribution in [0, 0.1) is 0 Å². The molecule has 0 spiro atoms. The number of carbonyl (C=O) groups is 1. The van der Waals surface area contributed by atoms with E-state index in [1.165, 1.54) is 11.8 Å². The Hall–Kier alpha value is -1.75. The zero-order valence-electron chi connectivity index (χ0n) is 12.9. The Balaban J connectivity index is 3.36. The van der Waals surface area contributed by atoms with E-state index in [2.05, 4.69) is 18.2 Å². The summed E-state index contributed by atoms with van der Waals surface area (Å²) in [6.07, 6.45) is 8.14. The molecule has 4 nitrogen and oxygen atoms in total. The predicted molar refractivity (Wildman–Crippen MR) is 90.3 cm³/mol. The SMILES string of the molecule is C=C/C1=C(\C=C/C)C(SC)=NC(=C)C(=O)N(C)CCCO1. The average Bonchev–Trinajstić information content (AvgIpc) is 2.50. The van der Waals surface area contributed by atoms with Crippen molar-refractivity contribution in [2.24, 2.45) is 4.99 Å². The summed E-state index contributed by atoms with van der Waals surface area (Å²) in [5.41, 5.74) is 1.05. The molecule has 114 valence electrons. The number of thioether (sulfide) groups is 1. The number of amides is 1. The number of nitrogens with zero attached hydrogens (tertiary/aromatic N) is 2. The molecule has 0 N–H and O–H groups in total. The van der Waals surface area contributed by atoms with Gasteiger partial charge in [-0.3, -0.25) is 4.79 Å². The Labute approximate surface area is 131 Å². The van der Waals surface area contributed by atoms with Gasteiger partial charge in [0.15, 0.2) is 0 Å². The molecular formula is C16H22N2O2S. The van der Waals surface area contributed by atoms with Crippen LogP contribution in [0.15, 0.2) is 53.4 Å². The predicted octanol–water partition coefficient (Wildman–Crippen LogP) is 3.16. The number of aliphatic imine (C=N–C) groups is 1. The van der Waals surface area contributed by atoms with Gasteiger partial charge in [0.2, 0.25) is 0 Å². The fraction of sp³-hybridized carbons (Fsp3) is 0.375. The van der Waals surface area contributed by atoms with Gasteiger partial charge in [-0.2, -0.15) is 0 Å². The van der Waals surface area contributed by atoms with Crippen LogP contribution < -0.4 is 0 Å². The van der Waals surface area contributed by atoms with Gasteiger partial charge in [-0.1, -0.05) is 25.3 Å². The van der Waals surface area contributed by atoms with Crippen molar-refractivity contribution in [1.82, 2.24) is 4.90 Å². The van der Waals surface area contributed by atoms with Crippen molar-refractivity contribution in [2.75, 3.05) is 26.5 Å². The summed E-state index contributed by atoms with van der Waals surface area (Å²) in [6, 6.07) is 0. The van der Waals surface area contributed by atoms with E-state index in [-0.39, 0.29) is 11.6 Å². The first kappa shape index (κ1) is 17.3. The highest BCUT2D eigenvalue weighted by molar-refractivity contribution is 8.13. The lowest BCUT2D eigenvalue weighted by Crippen LogP contribution is -2.29. The quantitative estimate of drug-likeness (QED) is 0.736. The molecule has 0 unspecified atom stereocenters. The van der Waals surface area contributed by atoms with Crippen molar-refractivity contribution < 1.29 is 9.53 Å². The first-order valence-corrected chi connectivity index (χ1v) is 7.97. The van der Waals surface area contributed by atoms with Gasteiger partial charge in [0, 0.05) is 19.2 Å². The standard InChI is InChI=1S/C16H22N2O2S/c1-6-9-13-14(7-2)20-11-8-10-18(4)16(19)12(3)17-15(13)21-5/h6-7,9H,2-3,8,10-11H2,1,4-5H3/b9-6-,14-13-,17-15?. The van der Waals surface area contributed by atoms with Crippen LogP contribution in [0.1, 0.15) is 13.3 Å². The second-order valence-electron chi connectivity index (χ2n) is 4.48. The Morgan fingerprint density at radius 1 is 1.48 bits per heavy atom. The van der Waals surface area contributed by atoms with Crippen LogP contribution in [-0.2, 0) is 9.53 Å². The molecule has 1 amide bonds. The molecular weight excluding hydrogens is 284 g/mol. The minimum absolute atomic E-state index is 0.163. The third-order valence-corrected chi connectivity index (χ3v) is 3.63. The molecule has 1 heterocycles. The summed E-state index contributed by atoms with van der Waals surface area (Å²) < 4.78 is 5.79. The molecule has 0 aromatic heterocycles. The van der Waals surface area contributed by atoms with E-state index < -0.39 is 0 Å². The van der Waals surface area contributed by atoms with Gasteiger partial charge in [-0.15, -0.1) is 11.8 Å². The van der Waals surface area contributed by atoms with Crippen LogP contribution in [0.4, 0.5) is 0 Å². The Morgan fingerprint density at radius 3 is 2.76 bits per heavy atom. The number of hydrogen-bond donors (Lipinski definition) is 0. The second kappa shape index (κ2) is 8.52. The van der Waals surface area contributed by atoms with Gasteiger partial charge in [0.25, 0.3) is 5.91 Å². The van der Waals surface area contributed by atoms with Crippen LogP contribution in [0.5, 0.6) is 0 Å². The van der Waals surface area contributed by atoms with Gasteiger partial charge in [-0.25, -0.2) is 4.99 Å². The molecule has 0 saturated heterocycles. The molecule has 0 fully saturated rings. The summed E-state index contributed by atoms with van der Waals surface area (Å²) in [5.74, 6) is 0.509. The maximum atomic E-state index is 12.2. The monoisotopic (exact) mass is 306 g/mol. The number of allylic oxidation sites excluding steroid dienone is 3. The van der Waals surface area contributed by atoms with Gasteiger partial charge < -0.3 is 9.64 Å². The highest BCUT2D eigenvalue weighted by atomic mass is 32.2. The first-order chi connectivity index (χ1) is 10.0. The van der Waals surface area contributed by atoms with E-state index in [0.29, 0.717) is 24.0 Å². The van der Waals surface area contributed by atoms with Gasteiger partial charge in [-0.05, 0) is 25.7 Å². The number of rotatable bonds is 2. The zero-order valence-corrected chi connectivity index (χ0v) is 13.7. The Bertz CT molecular complexity index is 518. The van der Waals surface area contributed by atoms with Crippen LogP contribution in [-0.4, -0.2) is 42.3 Å². The smallest absolute Gasteiger partial charge is 0.271 e. The van der Waals surface area contributed by atoms with E-state index >= 15 is 0 Å². The van der Waals surface area contributed by atoms with Crippen LogP contribution >= 0.6 is 11.8 Å². The molecule has 0 aliphatic carbocycles. The van der Waals surface area contributed by atoms with Gasteiger partial charge >= 0.3 is 0 Å². The number of likely N-dealkylation sites (N-methyl/N-ethyl adjacent to an activating group) is 1. The van der Waals surface area contributed by atoms with E-state index in [4.69, 9.17) is 4.74 Å². The number of carbonyl (C=O) groups excluding carboxylic acids is 1. The fourth-order valence-corrected chi connectivity index (χ4v) is 2.45. The molecule has 0 atom stereocenters. The highest BCUT2D eigenvalue weighted by Crippen LogP contribution is 2.21.